The Morgan fingerprint density at radius 2 is 1.42 bits per heavy atom. The first-order chi connectivity index (χ1) is 21.5. The number of carbonyl (C=O) groups excluding carboxylic acids is 2. The molecule has 0 saturated carbocycles. The fourth-order valence-corrected chi connectivity index (χ4v) is 6.57. The summed E-state index contributed by atoms with van der Waals surface area (Å²) in [5.74, 6) is -0.887. The molecule has 0 aliphatic rings. The number of aryl methyl sites for hydroxylation is 2. The van der Waals surface area contributed by atoms with Crippen molar-refractivity contribution in [3.63, 3.8) is 0 Å². The van der Waals surface area contributed by atoms with Gasteiger partial charge in [0.2, 0.25) is 11.8 Å². The van der Waals surface area contributed by atoms with Crippen LogP contribution in [0.15, 0.2) is 102 Å². The third kappa shape index (κ3) is 8.87. The predicted molar refractivity (Wildman–Crippen MR) is 181 cm³/mol. The fourth-order valence-electron chi connectivity index (χ4n) is 4.83. The second-order valence-electron chi connectivity index (χ2n) is 10.9. The zero-order valence-electron chi connectivity index (χ0n) is 25.5. The summed E-state index contributed by atoms with van der Waals surface area (Å²) in [6.45, 7) is 5.60. The number of benzene rings is 4. The summed E-state index contributed by atoms with van der Waals surface area (Å²) in [4.78, 5) is 29.7. The number of hydrogen-bond donors (Lipinski definition) is 1. The number of carbonyl (C=O) groups is 2. The largest absolute Gasteiger partial charge is 0.354 e. The number of anilines is 1. The van der Waals surface area contributed by atoms with Gasteiger partial charge in [0.15, 0.2) is 0 Å². The highest BCUT2D eigenvalue weighted by Crippen LogP contribution is 2.27. The van der Waals surface area contributed by atoms with Crippen LogP contribution in [0.25, 0.3) is 0 Å². The minimum Gasteiger partial charge on any atom is -0.354 e. The number of nitrogens with one attached hydrogen (secondary N) is 1. The van der Waals surface area contributed by atoms with E-state index in [0.717, 1.165) is 21.0 Å². The van der Waals surface area contributed by atoms with Gasteiger partial charge in [-0.2, -0.15) is 0 Å². The highest BCUT2D eigenvalue weighted by molar-refractivity contribution is 7.92. The molecule has 1 atom stereocenters. The smallest absolute Gasteiger partial charge is 0.264 e. The van der Waals surface area contributed by atoms with Crippen molar-refractivity contribution in [3.8, 4) is 0 Å². The molecule has 0 spiro atoms. The van der Waals surface area contributed by atoms with Gasteiger partial charge in [-0.05, 0) is 67.8 Å². The van der Waals surface area contributed by atoms with Crippen molar-refractivity contribution in [2.45, 2.75) is 51.1 Å². The summed E-state index contributed by atoms with van der Waals surface area (Å²) in [7, 11) is -4.17. The van der Waals surface area contributed by atoms with Crippen molar-refractivity contribution in [2.75, 3.05) is 17.4 Å². The Labute approximate surface area is 275 Å². The average Bonchev–Trinajstić information content (AvgIpc) is 3.03. The predicted octanol–water partition coefficient (Wildman–Crippen LogP) is 6.97. The third-order valence-electron chi connectivity index (χ3n) is 7.37. The van der Waals surface area contributed by atoms with Crippen LogP contribution in [0, 0.1) is 13.8 Å². The number of amides is 2. The number of hydrogen-bond acceptors (Lipinski definition) is 4. The van der Waals surface area contributed by atoms with Crippen LogP contribution in [0.5, 0.6) is 0 Å². The van der Waals surface area contributed by atoms with Crippen molar-refractivity contribution in [3.05, 3.63) is 129 Å². The van der Waals surface area contributed by atoms with Gasteiger partial charge in [0.1, 0.15) is 12.6 Å². The van der Waals surface area contributed by atoms with Crippen LogP contribution in [0.2, 0.25) is 10.0 Å². The van der Waals surface area contributed by atoms with E-state index < -0.39 is 28.5 Å². The Bertz CT molecular complexity index is 1710. The number of nitrogens with zero attached hydrogens (tertiary/aromatic N) is 2. The maximum atomic E-state index is 14.5. The molecule has 0 aliphatic carbocycles. The van der Waals surface area contributed by atoms with Crippen LogP contribution in [-0.2, 0) is 32.6 Å². The van der Waals surface area contributed by atoms with E-state index in [1.165, 1.54) is 17.0 Å². The average molecular weight is 667 g/mol. The molecule has 0 bridgehead atoms. The first-order valence-electron chi connectivity index (χ1n) is 14.7. The van der Waals surface area contributed by atoms with Gasteiger partial charge in [0, 0.05) is 19.5 Å². The van der Waals surface area contributed by atoms with E-state index in [4.69, 9.17) is 23.2 Å². The quantitative estimate of drug-likeness (QED) is 0.167. The van der Waals surface area contributed by atoms with Gasteiger partial charge in [-0.1, -0.05) is 102 Å². The van der Waals surface area contributed by atoms with Crippen LogP contribution in [0.1, 0.15) is 35.6 Å². The van der Waals surface area contributed by atoms with Gasteiger partial charge in [-0.15, -0.1) is 0 Å². The molecule has 0 saturated heterocycles. The van der Waals surface area contributed by atoms with Crippen molar-refractivity contribution in [2.24, 2.45) is 0 Å². The topological polar surface area (TPSA) is 86.8 Å². The number of halogens is 2. The van der Waals surface area contributed by atoms with Crippen LogP contribution in [0.4, 0.5) is 5.69 Å². The Morgan fingerprint density at radius 1 is 0.800 bits per heavy atom. The van der Waals surface area contributed by atoms with Gasteiger partial charge in [-0.25, -0.2) is 8.42 Å². The maximum absolute atomic E-state index is 14.5. The Balaban J connectivity index is 1.80. The Morgan fingerprint density at radius 3 is 2.02 bits per heavy atom. The molecule has 4 rings (SSSR count). The molecule has 4 aromatic carbocycles. The van der Waals surface area contributed by atoms with Gasteiger partial charge >= 0.3 is 0 Å². The van der Waals surface area contributed by atoms with Crippen LogP contribution >= 0.6 is 23.2 Å². The molecule has 10 heteroatoms. The monoisotopic (exact) mass is 665 g/mol. The van der Waals surface area contributed by atoms with E-state index in [9.17, 15) is 18.0 Å². The molecule has 1 unspecified atom stereocenters. The molecule has 236 valence electrons. The molecule has 0 aliphatic heterocycles. The molecule has 4 aromatic rings. The molecule has 7 nitrogen and oxygen atoms in total. The molecule has 2 amide bonds. The highest BCUT2D eigenvalue weighted by atomic mass is 35.5. The van der Waals surface area contributed by atoms with E-state index in [1.54, 1.807) is 54.6 Å². The van der Waals surface area contributed by atoms with Crippen molar-refractivity contribution in [1.29, 1.82) is 0 Å². The molecule has 0 radical (unpaired) electrons. The minimum absolute atomic E-state index is 0.000908. The molecule has 0 aromatic heterocycles. The standard InChI is InChI=1S/C35H37Cl2N3O4S/c1-4-20-38-35(42)33(22-27-8-6-5-7-9-27)39(23-28-14-19-31(36)32(37)21-28)34(41)24-40(29-15-10-25(2)11-16-29)45(43,44)30-17-12-26(3)13-18-30/h5-19,21,33H,4,20,22-24H2,1-3H3,(H,38,42). The zero-order valence-corrected chi connectivity index (χ0v) is 27.9. The summed E-state index contributed by atoms with van der Waals surface area (Å²) >= 11 is 12.5. The van der Waals surface area contributed by atoms with E-state index in [0.29, 0.717) is 34.3 Å². The second kappa shape index (κ2) is 15.4. The van der Waals surface area contributed by atoms with Gasteiger partial charge < -0.3 is 10.2 Å². The summed E-state index contributed by atoms with van der Waals surface area (Å²) in [5.41, 5.74) is 3.67. The van der Waals surface area contributed by atoms with E-state index in [1.807, 2.05) is 51.1 Å². The minimum atomic E-state index is -4.17. The van der Waals surface area contributed by atoms with Gasteiger partial charge in [0.05, 0.1) is 20.6 Å². The number of rotatable bonds is 13. The molecular formula is C35H37Cl2N3O4S. The lowest BCUT2D eigenvalue weighted by Crippen LogP contribution is -2.53. The van der Waals surface area contributed by atoms with E-state index in [2.05, 4.69) is 5.32 Å². The maximum Gasteiger partial charge on any atom is 0.264 e. The highest BCUT2D eigenvalue weighted by Gasteiger charge is 2.34. The van der Waals surface area contributed by atoms with Crippen molar-refractivity contribution >= 4 is 50.7 Å². The molecule has 45 heavy (non-hydrogen) atoms. The summed E-state index contributed by atoms with van der Waals surface area (Å²) in [6.07, 6.45) is 0.930. The zero-order chi connectivity index (χ0) is 32.6. The normalized spacial score (nSPS) is 11.9. The Kier molecular flexibility index (Phi) is 11.7. The SMILES string of the molecule is CCCNC(=O)C(Cc1ccccc1)N(Cc1ccc(Cl)c(Cl)c1)C(=O)CN(c1ccc(C)cc1)S(=O)(=O)c1ccc(C)cc1. The van der Waals surface area contributed by atoms with Crippen LogP contribution < -0.4 is 9.62 Å². The summed E-state index contributed by atoms with van der Waals surface area (Å²) in [5, 5.41) is 3.60. The summed E-state index contributed by atoms with van der Waals surface area (Å²) < 4.78 is 29.3. The first kappa shape index (κ1) is 34.0. The van der Waals surface area contributed by atoms with Crippen molar-refractivity contribution in [1.82, 2.24) is 10.2 Å². The van der Waals surface area contributed by atoms with E-state index >= 15 is 0 Å². The first-order valence-corrected chi connectivity index (χ1v) is 16.9. The molecule has 0 heterocycles. The number of sulfonamides is 1. The van der Waals surface area contributed by atoms with Crippen molar-refractivity contribution < 1.29 is 18.0 Å². The lowest BCUT2D eigenvalue weighted by Gasteiger charge is -2.34. The lowest BCUT2D eigenvalue weighted by atomic mass is 10.0. The molecular weight excluding hydrogens is 629 g/mol. The van der Waals surface area contributed by atoms with Crippen LogP contribution in [0.3, 0.4) is 0 Å². The van der Waals surface area contributed by atoms with Crippen LogP contribution in [-0.4, -0.2) is 44.3 Å². The lowest BCUT2D eigenvalue weighted by molar-refractivity contribution is -0.140. The molecule has 0 fully saturated rings. The second-order valence-corrected chi connectivity index (χ2v) is 13.6. The third-order valence-corrected chi connectivity index (χ3v) is 9.89. The fraction of sp³-hybridized carbons (Fsp3) is 0.257. The van der Waals surface area contributed by atoms with Gasteiger partial charge in [-0.3, -0.25) is 13.9 Å². The van der Waals surface area contributed by atoms with E-state index in [-0.39, 0.29) is 23.8 Å². The Hall–Kier alpha value is -3.85. The summed E-state index contributed by atoms with van der Waals surface area (Å²) in [6, 6.07) is 26.9. The van der Waals surface area contributed by atoms with Gasteiger partial charge in [0.25, 0.3) is 10.0 Å². The molecule has 1 N–H and O–H groups in total.